The van der Waals surface area contributed by atoms with Gasteiger partial charge < -0.3 is 10.4 Å². The Morgan fingerprint density at radius 2 is 1.80 bits per heavy atom. The third-order valence-electron chi connectivity index (χ3n) is 3.01. The van der Waals surface area contributed by atoms with Crippen LogP contribution in [0.5, 0.6) is 0 Å². The summed E-state index contributed by atoms with van der Waals surface area (Å²) in [7, 11) is 0. The molecule has 0 heterocycles. The zero-order valence-electron chi connectivity index (χ0n) is 11.3. The Morgan fingerprint density at radius 3 is 2.30 bits per heavy atom. The Morgan fingerprint density at radius 1 is 1.25 bits per heavy atom. The van der Waals surface area contributed by atoms with Gasteiger partial charge >= 0.3 is 5.97 Å². The zero-order valence-corrected chi connectivity index (χ0v) is 11.3. The molecule has 2 unspecified atom stereocenters. The maximum Gasteiger partial charge on any atom is 0.303 e. The predicted molar refractivity (Wildman–Crippen MR) is 69.2 cm³/mol. The monoisotopic (exact) mass is 285 g/mol. The van der Waals surface area contributed by atoms with Crippen molar-refractivity contribution in [3.63, 3.8) is 0 Å². The number of carbonyl (C=O) groups excluding carboxylic acids is 1. The number of carboxylic acids is 1. The van der Waals surface area contributed by atoms with Gasteiger partial charge in [-0.3, -0.25) is 9.59 Å². The number of rotatable bonds is 6. The maximum atomic E-state index is 13.6. The summed E-state index contributed by atoms with van der Waals surface area (Å²) in [6, 6.07) is 3.04. The molecule has 1 amide bonds. The quantitative estimate of drug-likeness (QED) is 0.843. The van der Waals surface area contributed by atoms with Crippen LogP contribution in [0.25, 0.3) is 0 Å². The highest BCUT2D eigenvalue weighted by atomic mass is 19.1. The first kappa shape index (κ1) is 16.1. The van der Waals surface area contributed by atoms with Crippen molar-refractivity contribution in [1.82, 2.24) is 5.32 Å². The van der Waals surface area contributed by atoms with Gasteiger partial charge in [0.25, 0.3) is 0 Å². The van der Waals surface area contributed by atoms with E-state index in [1.54, 1.807) is 6.92 Å². The van der Waals surface area contributed by atoms with Crippen LogP contribution < -0.4 is 5.32 Å². The molecule has 0 radical (unpaired) electrons. The average Bonchev–Trinajstić information content (AvgIpc) is 2.35. The third kappa shape index (κ3) is 4.29. The molecule has 0 fully saturated rings. The molecule has 2 N–H and O–H groups in total. The van der Waals surface area contributed by atoms with Gasteiger partial charge in [-0.25, -0.2) is 8.78 Å². The molecule has 1 rings (SSSR count). The second-order valence-corrected chi connectivity index (χ2v) is 4.70. The first-order chi connectivity index (χ1) is 9.32. The molecule has 0 aliphatic heterocycles. The van der Waals surface area contributed by atoms with Gasteiger partial charge in [-0.15, -0.1) is 0 Å². The second kappa shape index (κ2) is 6.98. The summed E-state index contributed by atoms with van der Waals surface area (Å²) in [5.74, 6) is -4.02. The summed E-state index contributed by atoms with van der Waals surface area (Å²) < 4.78 is 27.1. The molecular formula is C14H17F2NO3. The Balaban J connectivity index is 2.70. The maximum absolute atomic E-state index is 13.6. The summed E-state index contributed by atoms with van der Waals surface area (Å²) in [5.41, 5.74) is -0.282. The van der Waals surface area contributed by atoms with Gasteiger partial charge in [-0.2, -0.15) is 0 Å². The molecule has 110 valence electrons. The molecule has 6 heteroatoms. The van der Waals surface area contributed by atoms with Gasteiger partial charge in [-0.05, 0) is 32.4 Å². The Hall–Kier alpha value is -1.98. The van der Waals surface area contributed by atoms with E-state index in [-0.39, 0.29) is 24.4 Å². The minimum Gasteiger partial charge on any atom is -0.481 e. The highest BCUT2D eigenvalue weighted by molar-refractivity contribution is 5.83. The molecule has 0 bridgehead atoms. The van der Waals surface area contributed by atoms with Crippen LogP contribution in [-0.2, 0) is 9.59 Å². The van der Waals surface area contributed by atoms with E-state index in [1.165, 1.54) is 13.0 Å². The first-order valence-corrected chi connectivity index (χ1v) is 6.29. The number of carboxylic acid groups (broad SMARTS) is 1. The lowest BCUT2D eigenvalue weighted by Crippen LogP contribution is -2.36. The van der Waals surface area contributed by atoms with Gasteiger partial charge in [0.1, 0.15) is 11.6 Å². The lowest BCUT2D eigenvalue weighted by molar-refractivity contribution is -0.137. The van der Waals surface area contributed by atoms with Crippen molar-refractivity contribution in [2.24, 2.45) is 0 Å². The number of aliphatic carboxylic acids is 1. The number of carbonyl (C=O) groups is 2. The van der Waals surface area contributed by atoms with E-state index in [0.717, 1.165) is 12.1 Å². The second-order valence-electron chi connectivity index (χ2n) is 4.70. The molecule has 0 saturated heterocycles. The van der Waals surface area contributed by atoms with Gasteiger partial charge in [-0.1, -0.05) is 6.07 Å². The minimum absolute atomic E-state index is 0.0795. The molecule has 0 aliphatic rings. The lowest BCUT2D eigenvalue weighted by atomic mass is 9.98. The molecule has 4 nitrogen and oxygen atoms in total. The fourth-order valence-electron chi connectivity index (χ4n) is 1.84. The summed E-state index contributed by atoms with van der Waals surface area (Å²) in [5, 5.41) is 11.1. The van der Waals surface area contributed by atoms with Gasteiger partial charge in [0.15, 0.2) is 0 Å². The van der Waals surface area contributed by atoms with E-state index in [0.29, 0.717) is 0 Å². The van der Waals surface area contributed by atoms with Gasteiger partial charge in [0.2, 0.25) is 5.91 Å². The number of halogens is 2. The molecule has 0 aliphatic carbocycles. The van der Waals surface area contributed by atoms with E-state index in [2.05, 4.69) is 5.32 Å². The van der Waals surface area contributed by atoms with Crippen molar-refractivity contribution >= 4 is 11.9 Å². The summed E-state index contributed by atoms with van der Waals surface area (Å²) >= 11 is 0. The number of benzene rings is 1. The lowest BCUT2D eigenvalue weighted by Gasteiger charge is -2.18. The van der Waals surface area contributed by atoms with Crippen LogP contribution in [-0.4, -0.2) is 23.0 Å². The van der Waals surface area contributed by atoms with Crippen molar-refractivity contribution in [1.29, 1.82) is 0 Å². The molecule has 0 spiro atoms. The van der Waals surface area contributed by atoms with E-state index in [9.17, 15) is 18.4 Å². The Labute approximate surface area is 115 Å². The molecule has 1 aromatic carbocycles. The van der Waals surface area contributed by atoms with Crippen molar-refractivity contribution in [3.8, 4) is 0 Å². The van der Waals surface area contributed by atoms with E-state index in [1.807, 2.05) is 0 Å². The number of hydrogen-bond acceptors (Lipinski definition) is 2. The molecule has 0 aromatic heterocycles. The van der Waals surface area contributed by atoms with E-state index in [4.69, 9.17) is 5.11 Å². The zero-order chi connectivity index (χ0) is 15.3. The predicted octanol–water partition coefficient (Wildman–Crippen LogP) is 2.44. The summed E-state index contributed by atoms with van der Waals surface area (Å²) in [4.78, 5) is 22.3. The van der Waals surface area contributed by atoms with Crippen molar-refractivity contribution in [2.75, 3.05) is 0 Å². The van der Waals surface area contributed by atoms with Crippen molar-refractivity contribution in [3.05, 3.63) is 35.4 Å². The number of hydrogen-bond donors (Lipinski definition) is 2. The summed E-state index contributed by atoms with van der Waals surface area (Å²) in [6.45, 7) is 3.05. The third-order valence-corrected chi connectivity index (χ3v) is 3.01. The van der Waals surface area contributed by atoms with Crippen LogP contribution in [0.15, 0.2) is 18.2 Å². The molecule has 20 heavy (non-hydrogen) atoms. The fourth-order valence-corrected chi connectivity index (χ4v) is 1.84. The smallest absolute Gasteiger partial charge is 0.303 e. The SMILES string of the molecule is CC(CCC(=O)O)NC(=O)C(C)c1c(F)cccc1F. The van der Waals surface area contributed by atoms with Crippen LogP contribution in [0, 0.1) is 11.6 Å². The van der Waals surface area contributed by atoms with Crippen LogP contribution in [0.4, 0.5) is 8.78 Å². The van der Waals surface area contributed by atoms with Crippen LogP contribution in [0.3, 0.4) is 0 Å². The summed E-state index contributed by atoms with van der Waals surface area (Å²) in [6.07, 6.45) is 0.178. The molecule has 2 atom stereocenters. The molecule has 0 saturated carbocycles. The standard InChI is InChI=1S/C14H17F2NO3/c1-8(6-7-12(18)19)17-14(20)9(2)13-10(15)4-3-5-11(13)16/h3-5,8-9H,6-7H2,1-2H3,(H,17,20)(H,18,19). The topological polar surface area (TPSA) is 66.4 Å². The normalized spacial score (nSPS) is 13.6. The van der Waals surface area contributed by atoms with Crippen molar-refractivity contribution in [2.45, 2.75) is 38.6 Å². The van der Waals surface area contributed by atoms with Crippen LogP contribution in [0.1, 0.15) is 38.2 Å². The molecular weight excluding hydrogens is 268 g/mol. The van der Waals surface area contributed by atoms with E-state index < -0.39 is 29.4 Å². The first-order valence-electron chi connectivity index (χ1n) is 6.29. The number of amides is 1. The van der Waals surface area contributed by atoms with E-state index >= 15 is 0 Å². The van der Waals surface area contributed by atoms with Gasteiger partial charge in [0, 0.05) is 18.0 Å². The fraction of sp³-hybridized carbons (Fsp3) is 0.429. The Kier molecular flexibility index (Phi) is 5.61. The number of nitrogens with one attached hydrogen (secondary N) is 1. The largest absolute Gasteiger partial charge is 0.481 e. The molecule has 1 aromatic rings. The Bertz CT molecular complexity index is 485. The highest BCUT2D eigenvalue weighted by Gasteiger charge is 2.23. The highest BCUT2D eigenvalue weighted by Crippen LogP contribution is 2.22. The van der Waals surface area contributed by atoms with Crippen LogP contribution in [0.2, 0.25) is 0 Å². The average molecular weight is 285 g/mol. The minimum atomic E-state index is -0.983. The van der Waals surface area contributed by atoms with Gasteiger partial charge in [0.05, 0.1) is 5.92 Å². The van der Waals surface area contributed by atoms with Crippen molar-refractivity contribution < 1.29 is 23.5 Å². The van der Waals surface area contributed by atoms with Crippen LogP contribution >= 0.6 is 0 Å².